The predicted molar refractivity (Wildman–Crippen MR) is 83.2 cm³/mol. The molecule has 0 unspecified atom stereocenters. The third-order valence-corrected chi connectivity index (χ3v) is 3.95. The second kappa shape index (κ2) is 6.71. The lowest BCUT2D eigenvalue weighted by atomic mass is 9.91. The molecule has 0 N–H and O–H groups in total. The average molecular weight is 361 g/mol. The van der Waals surface area contributed by atoms with Crippen LogP contribution in [0.15, 0.2) is 42.5 Å². The monoisotopic (exact) mass is 361 g/mol. The van der Waals surface area contributed by atoms with E-state index in [9.17, 15) is 26.3 Å². The van der Waals surface area contributed by atoms with Crippen molar-refractivity contribution in [2.45, 2.75) is 25.3 Å². The van der Waals surface area contributed by atoms with E-state index in [-0.39, 0.29) is 5.56 Å². The first-order valence-corrected chi connectivity index (χ1v) is 7.42. The predicted octanol–water partition coefficient (Wildman–Crippen LogP) is 5.68. The molecule has 0 aliphatic carbocycles. The van der Waals surface area contributed by atoms with Crippen LogP contribution in [0.4, 0.5) is 26.3 Å². The zero-order chi connectivity index (χ0) is 19.0. The van der Waals surface area contributed by atoms with E-state index in [0.29, 0.717) is 11.1 Å². The van der Waals surface area contributed by atoms with Crippen LogP contribution in [0.2, 0.25) is 0 Å². The summed E-state index contributed by atoms with van der Waals surface area (Å²) >= 11 is 0. The van der Waals surface area contributed by atoms with E-state index in [1.165, 1.54) is 18.2 Å². The van der Waals surface area contributed by atoms with Crippen molar-refractivity contribution in [3.05, 3.63) is 70.3 Å². The van der Waals surface area contributed by atoms with E-state index >= 15 is 0 Å². The number of nitrogens with zero attached hydrogens (tertiary/aromatic N) is 1. The zero-order valence-corrected chi connectivity index (χ0v) is 13.8. The van der Waals surface area contributed by atoms with Crippen LogP contribution in [0.1, 0.15) is 33.9 Å². The highest BCUT2D eigenvalue weighted by Crippen LogP contribution is 2.37. The number of halogens is 6. The lowest BCUT2D eigenvalue weighted by molar-refractivity contribution is -0.138. The number of benzene rings is 2. The molecular weight excluding hydrogens is 344 g/mol. The third-order valence-electron chi connectivity index (χ3n) is 3.95. The average Bonchev–Trinajstić information content (AvgIpc) is 2.47. The van der Waals surface area contributed by atoms with Crippen molar-refractivity contribution in [2.75, 3.05) is 14.1 Å². The molecule has 1 atom stereocenters. The molecule has 0 aliphatic rings. The Labute approximate surface area is 141 Å². The topological polar surface area (TPSA) is 3.24 Å². The molecule has 0 aliphatic heterocycles. The molecule has 2 aromatic carbocycles. The first-order chi connectivity index (χ1) is 11.4. The van der Waals surface area contributed by atoms with Crippen molar-refractivity contribution in [1.29, 1.82) is 0 Å². The van der Waals surface area contributed by atoms with Crippen LogP contribution in [0.25, 0.3) is 0 Å². The number of hydrogen-bond donors (Lipinski definition) is 0. The maximum atomic E-state index is 13.0. The maximum Gasteiger partial charge on any atom is 0.416 e. The number of alkyl halides is 6. The minimum absolute atomic E-state index is 0.280. The fourth-order valence-electron chi connectivity index (χ4n) is 2.75. The molecule has 0 saturated carbocycles. The normalized spacial score (nSPS) is 14.0. The van der Waals surface area contributed by atoms with Gasteiger partial charge in [-0.05, 0) is 62.0 Å². The molecular formula is C18H17F6N. The smallest absolute Gasteiger partial charge is 0.299 e. The Morgan fingerprint density at radius 2 is 1.36 bits per heavy atom. The van der Waals surface area contributed by atoms with Gasteiger partial charge in [0.15, 0.2) is 0 Å². The zero-order valence-electron chi connectivity index (χ0n) is 13.8. The van der Waals surface area contributed by atoms with E-state index in [2.05, 4.69) is 0 Å². The first-order valence-electron chi connectivity index (χ1n) is 7.42. The van der Waals surface area contributed by atoms with Crippen LogP contribution in [0.3, 0.4) is 0 Å². The van der Waals surface area contributed by atoms with Gasteiger partial charge < -0.3 is 0 Å². The lowest BCUT2D eigenvalue weighted by Gasteiger charge is -2.28. The van der Waals surface area contributed by atoms with Gasteiger partial charge in [-0.15, -0.1) is 0 Å². The molecule has 2 aromatic rings. The molecule has 2 rings (SSSR count). The van der Waals surface area contributed by atoms with Crippen LogP contribution in [-0.2, 0) is 12.4 Å². The Balaban J connectivity index is 2.61. The summed E-state index contributed by atoms with van der Waals surface area (Å²) < 4.78 is 78.0. The summed E-state index contributed by atoms with van der Waals surface area (Å²) in [6, 6.07) is 7.24. The SMILES string of the molecule is Cc1ccc(C(F)(F)F)cc1[C@H](c1cccc(C(F)(F)F)c1)N(C)C. The van der Waals surface area contributed by atoms with Crippen molar-refractivity contribution in [2.24, 2.45) is 0 Å². The molecule has 0 heterocycles. The summed E-state index contributed by atoms with van der Waals surface area (Å²) in [5.41, 5.74) is -0.487. The Bertz CT molecular complexity index is 746. The summed E-state index contributed by atoms with van der Waals surface area (Å²) in [5, 5.41) is 0. The van der Waals surface area contributed by atoms with E-state index < -0.39 is 29.5 Å². The van der Waals surface area contributed by atoms with E-state index in [4.69, 9.17) is 0 Å². The minimum Gasteiger partial charge on any atom is -0.299 e. The van der Waals surface area contributed by atoms with Gasteiger partial charge in [0.1, 0.15) is 0 Å². The molecule has 0 bridgehead atoms. The molecule has 0 radical (unpaired) electrons. The van der Waals surface area contributed by atoms with Gasteiger partial charge in [-0.2, -0.15) is 26.3 Å². The second-order valence-corrected chi connectivity index (χ2v) is 6.06. The standard InChI is InChI=1S/C18H17F6N/c1-11-7-8-14(18(22,23)24)10-15(11)16(25(2)3)12-5-4-6-13(9-12)17(19,20)21/h4-10,16H,1-3H3/t16-/m0/s1. The fraction of sp³-hybridized carbons (Fsp3) is 0.333. The summed E-state index contributed by atoms with van der Waals surface area (Å²) in [4.78, 5) is 1.60. The van der Waals surface area contributed by atoms with E-state index in [0.717, 1.165) is 24.3 Å². The summed E-state index contributed by atoms with van der Waals surface area (Å²) in [6.07, 6.45) is -9.04. The fourth-order valence-corrected chi connectivity index (χ4v) is 2.75. The Morgan fingerprint density at radius 3 is 1.88 bits per heavy atom. The van der Waals surface area contributed by atoms with Crippen molar-refractivity contribution in [3.63, 3.8) is 0 Å². The highest BCUT2D eigenvalue weighted by molar-refractivity contribution is 5.41. The molecule has 0 amide bonds. The summed E-state index contributed by atoms with van der Waals surface area (Å²) in [6.45, 7) is 1.64. The van der Waals surface area contributed by atoms with Gasteiger partial charge >= 0.3 is 12.4 Å². The van der Waals surface area contributed by atoms with Gasteiger partial charge in [-0.3, -0.25) is 4.90 Å². The summed E-state index contributed by atoms with van der Waals surface area (Å²) in [7, 11) is 3.23. The van der Waals surface area contributed by atoms with E-state index in [1.54, 1.807) is 25.9 Å². The Kier molecular flexibility index (Phi) is 5.18. The lowest BCUT2D eigenvalue weighted by Crippen LogP contribution is -2.23. The first kappa shape index (κ1) is 19.3. The summed E-state index contributed by atoms with van der Waals surface area (Å²) in [5.74, 6) is 0. The van der Waals surface area contributed by atoms with Crippen molar-refractivity contribution >= 4 is 0 Å². The van der Waals surface area contributed by atoms with Crippen molar-refractivity contribution < 1.29 is 26.3 Å². The molecule has 0 fully saturated rings. The molecule has 7 heteroatoms. The largest absolute Gasteiger partial charge is 0.416 e. The number of hydrogen-bond acceptors (Lipinski definition) is 1. The molecule has 136 valence electrons. The second-order valence-electron chi connectivity index (χ2n) is 6.06. The highest BCUT2D eigenvalue weighted by atomic mass is 19.4. The van der Waals surface area contributed by atoms with Gasteiger partial charge in [-0.25, -0.2) is 0 Å². The Morgan fingerprint density at radius 1 is 0.800 bits per heavy atom. The van der Waals surface area contributed by atoms with Crippen LogP contribution in [-0.4, -0.2) is 19.0 Å². The van der Waals surface area contributed by atoms with Gasteiger partial charge in [0.05, 0.1) is 17.2 Å². The van der Waals surface area contributed by atoms with Gasteiger partial charge in [-0.1, -0.05) is 18.2 Å². The quantitative estimate of drug-likeness (QED) is 0.636. The van der Waals surface area contributed by atoms with Gasteiger partial charge in [0.25, 0.3) is 0 Å². The highest BCUT2D eigenvalue weighted by Gasteiger charge is 2.33. The van der Waals surface area contributed by atoms with Crippen molar-refractivity contribution in [1.82, 2.24) is 4.90 Å². The van der Waals surface area contributed by atoms with Crippen molar-refractivity contribution in [3.8, 4) is 0 Å². The molecule has 0 saturated heterocycles. The molecule has 1 nitrogen and oxygen atoms in total. The van der Waals surface area contributed by atoms with Crippen LogP contribution >= 0.6 is 0 Å². The minimum atomic E-state index is -4.52. The maximum absolute atomic E-state index is 13.0. The molecule has 25 heavy (non-hydrogen) atoms. The molecule has 0 aromatic heterocycles. The van der Waals surface area contributed by atoms with Crippen LogP contribution < -0.4 is 0 Å². The number of rotatable bonds is 3. The molecule has 0 spiro atoms. The third kappa shape index (κ3) is 4.34. The van der Waals surface area contributed by atoms with E-state index in [1.807, 2.05) is 0 Å². The van der Waals surface area contributed by atoms with Crippen LogP contribution in [0.5, 0.6) is 0 Å². The van der Waals surface area contributed by atoms with Gasteiger partial charge in [0, 0.05) is 0 Å². The Hall–Kier alpha value is -2.02. The van der Waals surface area contributed by atoms with Gasteiger partial charge in [0.2, 0.25) is 0 Å². The van der Waals surface area contributed by atoms with Crippen LogP contribution in [0, 0.1) is 6.92 Å². The number of aryl methyl sites for hydroxylation is 1.